The molecule has 84 valence electrons. The Balaban J connectivity index is 2.92. The van der Waals surface area contributed by atoms with Crippen molar-refractivity contribution < 1.29 is 4.79 Å². The predicted octanol–water partition coefficient (Wildman–Crippen LogP) is 2.49. The number of carbonyl (C=O) groups excluding carboxylic acids is 1. The Labute approximate surface area is 99.4 Å². The number of thiophene rings is 1. The van der Waals surface area contributed by atoms with Crippen molar-refractivity contribution in [1.82, 2.24) is 5.32 Å². The first-order valence-corrected chi connectivity index (χ1v) is 5.89. The summed E-state index contributed by atoms with van der Waals surface area (Å²) in [6, 6.07) is 3.93. The van der Waals surface area contributed by atoms with Crippen LogP contribution in [0.1, 0.15) is 24.3 Å². The Hall–Kier alpha value is -1.60. The molecule has 0 saturated carbocycles. The Morgan fingerprint density at radius 2 is 2.31 bits per heavy atom. The van der Waals surface area contributed by atoms with E-state index in [1.807, 2.05) is 38.3 Å². The van der Waals surface area contributed by atoms with E-state index in [0.29, 0.717) is 0 Å². The molecule has 1 rings (SSSR count). The number of aryl methyl sites for hydroxylation is 1. The summed E-state index contributed by atoms with van der Waals surface area (Å²) >= 11 is 1.52. The second kappa shape index (κ2) is 5.47. The van der Waals surface area contributed by atoms with Crippen molar-refractivity contribution >= 4 is 23.3 Å². The fraction of sp³-hybridized carbons (Fsp3) is 0.333. The van der Waals surface area contributed by atoms with Gasteiger partial charge in [0.2, 0.25) is 0 Å². The van der Waals surface area contributed by atoms with Gasteiger partial charge in [-0.25, -0.2) is 0 Å². The van der Waals surface area contributed by atoms with Crippen molar-refractivity contribution in [3.63, 3.8) is 0 Å². The number of carbonyl (C=O) groups is 1. The number of nitriles is 1. The van der Waals surface area contributed by atoms with Crippen molar-refractivity contribution in [2.45, 2.75) is 26.8 Å². The first kappa shape index (κ1) is 12.5. The van der Waals surface area contributed by atoms with Gasteiger partial charge in [-0.2, -0.15) is 5.26 Å². The summed E-state index contributed by atoms with van der Waals surface area (Å²) < 4.78 is 0. The maximum absolute atomic E-state index is 11.6. The molecule has 1 aromatic heterocycles. The van der Waals surface area contributed by atoms with Crippen LogP contribution in [0.15, 0.2) is 17.0 Å². The zero-order valence-corrected chi connectivity index (χ0v) is 10.4. The molecule has 1 heterocycles. The van der Waals surface area contributed by atoms with Crippen molar-refractivity contribution in [3.05, 3.63) is 27.5 Å². The second-order valence-electron chi connectivity index (χ2n) is 3.77. The smallest absolute Gasteiger partial charge is 0.262 e. The minimum Gasteiger partial charge on any atom is -0.349 e. The van der Waals surface area contributed by atoms with E-state index in [-0.39, 0.29) is 17.5 Å². The third-order valence-corrected chi connectivity index (χ3v) is 2.93. The third-order valence-electron chi connectivity index (χ3n) is 1.96. The molecule has 0 bridgehead atoms. The standard InChI is InChI=1S/C12H14N2OS/c1-8(2)14-12(15)10(7-13)6-11-9(3)4-5-16-11/h4-6,8H,1-3H3,(H,14,15)/b10-6-. The van der Waals surface area contributed by atoms with Crippen molar-refractivity contribution in [1.29, 1.82) is 5.26 Å². The molecule has 0 unspecified atom stereocenters. The SMILES string of the molecule is Cc1ccsc1/C=C(/C#N)C(=O)NC(C)C. The number of hydrogen-bond donors (Lipinski definition) is 1. The Morgan fingerprint density at radius 3 is 2.75 bits per heavy atom. The molecule has 0 aliphatic heterocycles. The van der Waals surface area contributed by atoms with E-state index >= 15 is 0 Å². The van der Waals surface area contributed by atoms with Gasteiger partial charge in [0.15, 0.2) is 0 Å². The normalized spacial score (nSPS) is 11.3. The minimum absolute atomic E-state index is 0.0358. The number of rotatable bonds is 3. The van der Waals surface area contributed by atoms with Gasteiger partial charge in [-0.15, -0.1) is 11.3 Å². The molecular formula is C12H14N2OS. The molecule has 1 N–H and O–H groups in total. The van der Waals surface area contributed by atoms with E-state index in [0.717, 1.165) is 10.4 Å². The molecule has 0 aromatic carbocycles. The fourth-order valence-electron chi connectivity index (χ4n) is 1.15. The Kier molecular flexibility index (Phi) is 4.27. The summed E-state index contributed by atoms with van der Waals surface area (Å²) in [5.74, 6) is -0.315. The predicted molar refractivity (Wildman–Crippen MR) is 65.9 cm³/mol. The highest BCUT2D eigenvalue weighted by atomic mass is 32.1. The monoisotopic (exact) mass is 234 g/mol. The van der Waals surface area contributed by atoms with Gasteiger partial charge >= 0.3 is 0 Å². The molecule has 0 saturated heterocycles. The lowest BCUT2D eigenvalue weighted by Gasteiger charge is -2.06. The van der Waals surface area contributed by atoms with Crippen LogP contribution in [-0.2, 0) is 4.79 Å². The summed E-state index contributed by atoms with van der Waals surface area (Å²) in [6.45, 7) is 5.68. The molecule has 0 fully saturated rings. The lowest BCUT2D eigenvalue weighted by molar-refractivity contribution is -0.117. The van der Waals surface area contributed by atoms with Gasteiger partial charge in [0.1, 0.15) is 11.6 Å². The highest BCUT2D eigenvalue weighted by Gasteiger charge is 2.10. The first-order valence-electron chi connectivity index (χ1n) is 5.01. The average molecular weight is 234 g/mol. The van der Waals surface area contributed by atoms with Crippen LogP contribution in [0.3, 0.4) is 0 Å². The molecule has 3 nitrogen and oxygen atoms in total. The van der Waals surface area contributed by atoms with Gasteiger partial charge in [-0.1, -0.05) is 0 Å². The van der Waals surface area contributed by atoms with Crippen molar-refractivity contribution in [2.75, 3.05) is 0 Å². The zero-order valence-electron chi connectivity index (χ0n) is 9.57. The minimum atomic E-state index is -0.315. The quantitative estimate of drug-likeness (QED) is 0.645. The first-order chi connectivity index (χ1) is 7.54. The molecule has 1 amide bonds. The lowest BCUT2D eigenvalue weighted by atomic mass is 10.2. The molecule has 16 heavy (non-hydrogen) atoms. The highest BCUT2D eigenvalue weighted by Crippen LogP contribution is 2.18. The number of nitrogens with zero attached hydrogens (tertiary/aromatic N) is 1. The Morgan fingerprint density at radius 1 is 1.62 bits per heavy atom. The molecule has 1 aromatic rings. The second-order valence-corrected chi connectivity index (χ2v) is 4.71. The number of nitrogens with one attached hydrogen (secondary N) is 1. The highest BCUT2D eigenvalue weighted by molar-refractivity contribution is 7.11. The molecule has 4 heteroatoms. The summed E-state index contributed by atoms with van der Waals surface area (Å²) in [4.78, 5) is 12.6. The van der Waals surface area contributed by atoms with Gasteiger partial charge in [0.25, 0.3) is 5.91 Å². The zero-order chi connectivity index (χ0) is 12.1. The van der Waals surface area contributed by atoms with Gasteiger partial charge in [0, 0.05) is 10.9 Å². The number of amides is 1. The Bertz CT molecular complexity index is 452. The molecule has 0 atom stereocenters. The van der Waals surface area contributed by atoms with Gasteiger partial charge < -0.3 is 5.32 Å². The van der Waals surface area contributed by atoms with E-state index in [1.165, 1.54) is 11.3 Å². The van der Waals surface area contributed by atoms with Crippen LogP contribution in [0.25, 0.3) is 6.08 Å². The summed E-state index contributed by atoms with van der Waals surface area (Å²) in [5, 5.41) is 13.6. The topological polar surface area (TPSA) is 52.9 Å². The largest absolute Gasteiger partial charge is 0.349 e. The van der Waals surface area contributed by atoms with Crippen molar-refractivity contribution in [2.24, 2.45) is 0 Å². The van der Waals surface area contributed by atoms with E-state index in [2.05, 4.69) is 5.32 Å². The fourth-order valence-corrected chi connectivity index (χ4v) is 2.01. The summed E-state index contributed by atoms with van der Waals surface area (Å²) in [5.41, 5.74) is 1.23. The van der Waals surface area contributed by atoms with E-state index < -0.39 is 0 Å². The lowest BCUT2D eigenvalue weighted by Crippen LogP contribution is -2.30. The van der Waals surface area contributed by atoms with Gasteiger partial charge in [-0.05, 0) is 43.9 Å². The molecule has 0 spiro atoms. The number of hydrogen-bond acceptors (Lipinski definition) is 3. The van der Waals surface area contributed by atoms with Crippen LogP contribution in [-0.4, -0.2) is 11.9 Å². The summed E-state index contributed by atoms with van der Waals surface area (Å²) in [6.07, 6.45) is 1.64. The van der Waals surface area contributed by atoms with Crippen LogP contribution in [0.4, 0.5) is 0 Å². The summed E-state index contributed by atoms with van der Waals surface area (Å²) in [7, 11) is 0. The third kappa shape index (κ3) is 3.21. The van der Waals surface area contributed by atoms with E-state index in [9.17, 15) is 4.79 Å². The molecular weight excluding hydrogens is 220 g/mol. The maximum Gasteiger partial charge on any atom is 0.262 e. The van der Waals surface area contributed by atoms with Crippen LogP contribution < -0.4 is 5.32 Å². The van der Waals surface area contributed by atoms with Crippen LogP contribution in [0.5, 0.6) is 0 Å². The maximum atomic E-state index is 11.6. The van der Waals surface area contributed by atoms with Crippen LogP contribution in [0.2, 0.25) is 0 Å². The van der Waals surface area contributed by atoms with Gasteiger partial charge in [0.05, 0.1) is 0 Å². The average Bonchev–Trinajstić information content (AvgIpc) is 2.59. The van der Waals surface area contributed by atoms with Crippen LogP contribution >= 0.6 is 11.3 Å². The molecule has 0 aliphatic carbocycles. The van der Waals surface area contributed by atoms with E-state index in [4.69, 9.17) is 5.26 Å². The molecule has 0 radical (unpaired) electrons. The van der Waals surface area contributed by atoms with Gasteiger partial charge in [-0.3, -0.25) is 4.79 Å². The molecule has 0 aliphatic rings. The van der Waals surface area contributed by atoms with Crippen molar-refractivity contribution in [3.8, 4) is 6.07 Å². The van der Waals surface area contributed by atoms with Crippen LogP contribution in [0, 0.1) is 18.3 Å². The van der Waals surface area contributed by atoms with E-state index in [1.54, 1.807) is 6.08 Å².